The van der Waals surface area contributed by atoms with Crippen molar-refractivity contribution in [3.63, 3.8) is 0 Å². The molecule has 144 valence electrons. The van der Waals surface area contributed by atoms with Crippen molar-refractivity contribution in [1.82, 2.24) is 15.2 Å². The van der Waals surface area contributed by atoms with E-state index in [0.29, 0.717) is 28.7 Å². The van der Waals surface area contributed by atoms with Crippen LogP contribution >= 0.6 is 12.4 Å². The van der Waals surface area contributed by atoms with Crippen molar-refractivity contribution in [2.24, 2.45) is 17.6 Å². The minimum absolute atomic E-state index is 0. The first-order valence-corrected chi connectivity index (χ1v) is 8.95. The van der Waals surface area contributed by atoms with E-state index in [-0.39, 0.29) is 23.9 Å². The van der Waals surface area contributed by atoms with Gasteiger partial charge in [0.2, 0.25) is 5.95 Å². The molecule has 0 unspecified atom stereocenters. The van der Waals surface area contributed by atoms with E-state index in [1.165, 1.54) is 0 Å². The fourth-order valence-corrected chi connectivity index (χ4v) is 3.51. The number of carbonyl (C=O) groups is 1. The fourth-order valence-electron chi connectivity index (χ4n) is 3.51. The first-order valence-electron chi connectivity index (χ1n) is 8.95. The molecule has 2 aromatic rings. The highest BCUT2D eigenvalue weighted by Gasteiger charge is 2.39. The summed E-state index contributed by atoms with van der Waals surface area (Å²) in [6.45, 7) is 3.63. The minimum atomic E-state index is -0.650. The molecule has 0 aromatic carbocycles. The number of anilines is 1. The Hall–Kier alpha value is -2.41. The SMILES string of the molecule is Cc1n[nH]c(C)c1-c1ccc(NC(=O)C(N)=C(C2CC2)C2CC2)nc1F.Cl. The Balaban J connectivity index is 0.00000210. The molecule has 2 saturated carbocycles. The molecular weight excluding hydrogens is 369 g/mol. The normalized spacial score (nSPS) is 15.8. The van der Waals surface area contributed by atoms with Crippen molar-refractivity contribution in [2.75, 3.05) is 5.32 Å². The van der Waals surface area contributed by atoms with Crippen LogP contribution in [0.15, 0.2) is 23.4 Å². The highest BCUT2D eigenvalue weighted by molar-refractivity contribution is 6.03. The van der Waals surface area contributed by atoms with Gasteiger partial charge < -0.3 is 11.1 Å². The van der Waals surface area contributed by atoms with Crippen LogP contribution in [0.25, 0.3) is 11.1 Å². The van der Waals surface area contributed by atoms with Crippen LogP contribution in [0.2, 0.25) is 0 Å². The monoisotopic (exact) mass is 391 g/mol. The number of H-pyrrole nitrogens is 1. The average Bonchev–Trinajstić information content (AvgIpc) is 3.51. The first-order chi connectivity index (χ1) is 12.5. The maximum Gasteiger partial charge on any atom is 0.272 e. The van der Waals surface area contributed by atoms with Crippen LogP contribution in [0.4, 0.5) is 10.2 Å². The number of pyridine rings is 1. The largest absolute Gasteiger partial charge is 0.394 e. The van der Waals surface area contributed by atoms with E-state index in [9.17, 15) is 9.18 Å². The number of nitrogens with two attached hydrogens (primary N) is 1. The number of amides is 1. The maximum absolute atomic E-state index is 14.5. The summed E-state index contributed by atoms with van der Waals surface area (Å²) in [6.07, 6.45) is 4.41. The van der Waals surface area contributed by atoms with E-state index in [0.717, 1.165) is 37.0 Å². The molecule has 2 fully saturated rings. The summed E-state index contributed by atoms with van der Waals surface area (Å²) < 4.78 is 14.5. The molecular formula is C19H23ClFN5O. The number of aromatic nitrogens is 3. The van der Waals surface area contributed by atoms with Gasteiger partial charge in [-0.15, -0.1) is 12.4 Å². The summed E-state index contributed by atoms with van der Waals surface area (Å²) in [5.41, 5.74) is 9.99. The zero-order valence-corrected chi connectivity index (χ0v) is 16.1. The van der Waals surface area contributed by atoms with Crippen molar-refractivity contribution in [3.05, 3.63) is 40.7 Å². The molecule has 2 aromatic heterocycles. The molecule has 4 N–H and O–H groups in total. The summed E-state index contributed by atoms with van der Waals surface area (Å²) in [6, 6.07) is 3.19. The van der Waals surface area contributed by atoms with E-state index < -0.39 is 11.9 Å². The predicted molar refractivity (Wildman–Crippen MR) is 104 cm³/mol. The second kappa shape index (κ2) is 7.31. The Kier molecular flexibility index (Phi) is 5.24. The number of aryl methyl sites for hydroxylation is 2. The lowest BCUT2D eigenvalue weighted by atomic mass is 10.0. The molecule has 1 amide bonds. The second-order valence-corrected chi connectivity index (χ2v) is 7.22. The van der Waals surface area contributed by atoms with Crippen molar-refractivity contribution in [3.8, 4) is 11.1 Å². The van der Waals surface area contributed by atoms with Crippen molar-refractivity contribution in [1.29, 1.82) is 0 Å². The molecule has 0 aliphatic heterocycles. The third-order valence-corrected chi connectivity index (χ3v) is 5.08. The van der Waals surface area contributed by atoms with Crippen LogP contribution in [0.5, 0.6) is 0 Å². The Morgan fingerprint density at radius 1 is 1.22 bits per heavy atom. The number of halogens is 2. The highest BCUT2D eigenvalue weighted by Crippen LogP contribution is 2.49. The quantitative estimate of drug-likeness (QED) is 0.535. The van der Waals surface area contributed by atoms with Crippen molar-refractivity contribution < 1.29 is 9.18 Å². The van der Waals surface area contributed by atoms with Crippen LogP contribution in [-0.4, -0.2) is 21.1 Å². The molecule has 4 rings (SSSR count). The number of hydrogen-bond donors (Lipinski definition) is 3. The first kappa shape index (κ1) is 19.4. The Bertz CT molecular complexity index is 881. The lowest BCUT2D eigenvalue weighted by Crippen LogP contribution is -2.23. The van der Waals surface area contributed by atoms with Crippen LogP contribution in [0, 0.1) is 31.6 Å². The smallest absolute Gasteiger partial charge is 0.272 e. The number of rotatable bonds is 5. The van der Waals surface area contributed by atoms with Gasteiger partial charge in [0.15, 0.2) is 0 Å². The van der Waals surface area contributed by atoms with E-state index in [1.54, 1.807) is 19.1 Å². The van der Waals surface area contributed by atoms with Crippen molar-refractivity contribution >= 4 is 24.1 Å². The zero-order valence-electron chi connectivity index (χ0n) is 15.3. The van der Waals surface area contributed by atoms with Crippen molar-refractivity contribution in [2.45, 2.75) is 39.5 Å². The molecule has 2 aliphatic rings. The number of nitrogens with zero attached hydrogens (tertiary/aromatic N) is 2. The lowest BCUT2D eigenvalue weighted by Gasteiger charge is -2.11. The second-order valence-electron chi connectivity index (χ2n) is 7.22. The Labute approximate surface area is 163 Å². The molecule has 0 bridgehead atoms. The molecule has 0 radical (unpaired) electrons. The zero-order chi connectivity index (χ0) is 18.4. The highest BCUT2D eigenvalue weighted by atomic mass is 35.5. The van der Waals surface area contributed by atoms with E-state index in [4.69, 9.17) is 5.73 Å². The summed E-state index contributed by atoms with van der Waals surface area (Å²) in [5, 5.41) is 9.55. The summed E-state index contributed by atoms with van der Waals surface area (Å²) in [4.78, 5) is 16.4. The van der Waals surface area contributed by atoms with Crippen LogP contribution in [-0.2, 0) is 4.79 Å². The van der Waals surface area contributed by atoms with Gasteiger partial charge in [0.1, 0.15) is 5.82 Å². The minimum Gasteiger partial charge on any atom is -0.394 e. The number of hydrogen-bond acceptors (Lipinski definition) is 4. The number of aromatic amines is 1. The topological polar surface area (TPSA) is 96.7 Å². The summed E-state index contributed by atoms with van der Waals surface area (Å²) in [7, 11) is 0. The summed E-state index contributed by atoms with van der Waals surface area (Å²) >= 11 is 0. The molecule has 0 atom stereocenters. The van der Waals surface area contributed by atoms with Gasteiger partial charge >= 0.3 is 0 Å². The van der Waals surface area contributed by atoms with Gasteiger partial charge in [0.05, 0.1) is 11.4 Å². The van der Waals surface area contributed by atoms with E-state index >= 15 is 0 Å². The molecule has 6 nitrogen and oxygen atoms in total. The number of carbonyl (C=O) groups excluding carboxylic acids is 1. The molecule has 0 spiro atoms. The van der Waals surface area contributed by atoms with Crippen LogP contribution in [0.3, 0.4) is 0 Å². The van der Waals surface area contributed by atoms with Gasteiger partial charge in [0, 0.05) is 16.8 Å². The van der Waals surface area contributed by atoms with Gasteiger partial charge in [-0.1, -0.05) is 0 Å². The van der Waals surface area contributed by atoms with E-state index in [2.05, 4.69) is 20.5 Å². The molecule has 0 saturated heterocycles. The lowest BCUT2D eigenvalue weighted by molar-refractivity contribution is -0.113. The van der Waals surface area contributed by atoms with E-state index in [1.807, 2.05) is 6.92 Å². The standard InChI is InChI=1S/C19H22FN5O.ClH/c1-9-15(10(2)25-24-9)13-7-8-14(22-18(13)20)23-19(26)17(21)16(11-3-4-11)12-5-6-12;/h7-8,11-12H,3-6,21H2,1-2H3,(H,24,25)(H,22,23,26);1H. The fraction of sp³-hybridized carbons (Fsp3) is 0.421. The third kappa shape index (κ3) is 3.83. The maximum atomic E-state index is 14.5. The molecule has 2 aliphatic carbocycles. The van der Waals surface area contributed by atoms with Crippen LogP contribution < -0.4 is 11.1 Å². The van der Waals surface area contributed by atoms with Gasteiger partial charge in [0.25, 0.3) is 5.91 Å². The van der Waals surface area contributed by atoms with Gasteiger partial charge in [-0.05, 0) is 69.1 Å². The number of nitrogens with one attached hydrogen (secondary N) is 2. The Morgan fingerprint density at radius 3 is 2.33 bits per heavy atom. The average molecular weight is 392 g/mol. The van der Waals surface area contributed by atoms with Gasteiger partial charge in [-0.3, -0.25) is 9.89 Å². The molecule has 8 heteroatoms. The third-order valence-electron chi connectivity index (χ3n) is 5.08. The van der Waals surface area contributed by atoms with Gasteiger partial charge in [-0.25, -0.2) is 4.98 Å². The number of allylic oxidation sites excluding steroid dienone is 1. The van der Waals surface area contributed by atoms with Crippen LogP contribution in [0.1, 0.15) is 37.1 Å². The molecule has 27 heavy (non-hydrogen) atoms. The van der Waals surface area contributed by atoms with Gasteiger partial charge in [-0.2, -0.15) is 9.49 Å². The summed E-state index contributed by atoms with van der Waals surface area (Å²) in [5.74, 6) is 0.0142. The predicted octanol–water partition coefficient (Wildman–Crippen LogP) is 3.62. The Morgan fingerprint density at radius 2 is 1.85 bits per heavy atom. The molecule has 2 heterocycles.